The van der Waals surface area contributed by atoms with Gasteiger partial charge in [0.05, 0.1) is 16.1 Å². The number of rotatable bonds is 6. The van der Waals surface area contributed by atoms with Gasteiger partial charge < -0.3 is 10.2 Å². The molecule has 0 saturated carbocycles. The number of benzene rings is 1. The molecule has 0 aliphatic carbocycles. The van der Waals surface area contributed by atoms with Crippen LogP contribution in [-0.2, 0) is 11.3 Å². The number of fused-ring (bicyclic) bond motifs is 1. The first-order valence-electron chi connectivity index (χ1n) is 9.02. The van der Waals surface area contributed by atoms with E-state index in [1.165, 1.54) is 21.0 Å². The third kappa shape index (κ3) is 3.85. The van der Waals surface area contributed by atoms with Crippen molar-refractivity contribution in [2.24, 2.45) is 5.92 Å². The van der Waals surface area contributed by atoms with Gasteiger partial charge in [0.15, 0.2) is 5.13 Å². The van der Waals surface area contributed by atoms with E-state index in [0.29, 0.717) is 32.6 Å². The lowest BCUT2D eigenvalue weighted by Gasteiger charge is -2.37. The molecule has 27 heavy (non-hydrogen) atoms. The van der Waals surface area contributed by atoms with Gasteiger partial charge in [0.1, 0.15) is 0 Å². The van der Waals surface area contributed by atoms with Crippen LogP contribution in [0, 0.1) is 12.8 Å². The minimum Gasteiger partial charge on any atom is -0.356 e. The van der Waals surface area contributed by atoms with Crippen molar-refractivity contribution in [3.63, 3.8) is 0 Å². The fourth-order valence-electron chi connectivity index (χ4n) is 3.10. The number of amides is 1. The Morgan fingerprint density at radius 2 is 2.19 bits per heavy atom. The number of anilines is 1. The largest absolute Gasteiger partial charge is 0.356 e. The molecule has 1 saturated heterocycles. The van der Waals surface area contributed by atoms with Crippen LogP contribution in [0.2, 0.25) is 0 Å². The maximum absolute atomic E-state index is 12.3. The molecule has 1 aliphatic heterocycles. The third-order valence-corrected chi connectivity index (χ3v) is 5.77. The molecule has 1 aromatic carbocycles. The van der Waals surface area contributed by atoms with Crippen LogP contribution in [0.25, 0.3) is 10.2 Å². The Labute approximate surface area is 160 Å². The van der Waals surface area contributed by atoms with E-state index in [1.807, 2.05) is 6.07 Å². The lowest BCUT2D eigenvalue weighted by molar-refractivity contribution is -0.125. The van der Waals surface area contributed by atoms with E-state index < -0.39 is 0 Å². The van der Waals surface area contributed by atoms with Gasteiger partial charge in [-0.3, -0.25) is 9.59 Å². The molecule has 1 aliphatic rings. The summed E-state index contributed by atoms with van der Waals surface area (Å²) in [7, 11) is 0. The number of thiazole rings is 1. The van der Waals surface area contributed by atoms with E-state index in [9.17, 15) is 9.59 Å². The van der Waals surface area contributed by atoms with E-state index in [-0.39, 0.29) is 17.4 Å². The topological polar surface area (TPSA) is 80.1 Å². The van der Waals surface area contributed by atoms with Gasteiger partial charge >= 0.3 is 0 Å². The highest BCUT2D eigenvalue weighted by Crippen LogP contribution is 2.33. The monoisotopic (exact) mass is 383 g/mol. The summed E-state index contributed by atoms with van der Waals surface area (Å²) in [6.07, 6.45) is 2.27. The number of hydrogen-bond donors (Lipinski definition) is 1. The second-order valence-electron chi connectivity index (χ2n) is 6.80. The maximum Gasteiger partial charge on any atom is 0.266 e. The lowest BCUT2D eigenvalue weighted by Crippen LogP contribution is -2.53. The average molecular weight is 383 g/mol. The molecule has 2 aromatic heterocycles. The zero-order chi connectivity index (χ0) is 18.8. The van der Waals surface area contributed by atoms with Gasteiger partial charge in [-0.2, -0.15) is 5.10 Å². The molecule has 0 radical (unpaired) electrons. The van der Waals surface area contributed by atoms with Gasteiger partial charge in [0, 0.05) is 38.4 Å². The number of carbonyl (C=O) groups is 1. The summed E-state index contributed by atoms with van der Waals surface area (Å²) in [4.78, 5) is 30.6. The first-order valence-corrected chi connectivity index (χ1v) is 9.84. The number of nitrogens with zero attached hydrogens (tertiary/aromatic N) is 4. The maximum atomic E-state index is 12.3. The molecule has 7 nitrogen and oxygen atoms in total. The Morgan fingerprint density at radius 1 is 1.33 bits per heavy atom. The van der Waals surface area contributed by atoms with E-state index in [2.05, 4.69) is 39.4 Å². The summed E-state index contributed by atoms with van der Waals surface area (Å²) in [6, 6.07) is 9.36. The number of aryl methyl sites for hydroxylation is 2. The van der Waals surface area contributed by atoms with Crippen molar-refractivity contribution in [2.45, 2.75) is 19.9 Å². The standard InChI is InChI=1S/C19H21N5O2S/c1-13-5-6-15-16(10-13)27-19(22-15)23-11-14(12-23)18(26)20-7-3-9-24-17(25)4-2-8-21-24/h2,4-6,8,10,14H,3,7,9,11-12H2,1H3,(H,20,26). The predicted molar refractivity (Wildman–Crippen MR) is 106 cm³/mol. The fourth-order valence-corrected chi connectivity index (χ4v) is 4.18. The zero-order valence-corrected chi connectivity index (χ0v) is 15.9. The highest BCUT2D eigenvalue weighted by molar-refractivity contribution is 7.22. The fraction of sp³-hybridized carbons (Fsp3) is 0.368. The molecular formula is C19H21N5O2S. The molecule has 0 bridgehead atoms. The van der Waals surface area contributed by atoms with E-state index >= 15 is 0 Å². The molecule has 0 unspecified atom stereocenters. The van der Waals surface area contributed by atoms with Crippen molar-refractivity contribution in [2.75, 3.05) is 24.5 Å². The molecule has 8 heteroatoms. The second-order valence-corrected chi connectivity index (χ2v) is 7.81. The number of hydrogen-bond acceptors (Lipinski definition) is 6. The van der Waals surface area contributed by atoms with Crippen LogP contribution in [0.1, 0.15) is 12.0 Å². The van der Waals surface area contributed by atoms with Crippen LogP contribution in [-0.4, -0.2) is 40.3 Å². The van der Waals surface area contributed by atoms with Crippen molar-refractivity contribution >= 4 is 32.6 Å². The summed E-state index contributed by atoms with van der Waals surface area (Å²) in [5.74, 6) is 0.0629. The number of carbonyl (C=O) groups excluding carboxylic acids is 1. The van der Waals surface area contributed by atoms with E-state index in [4.69, 9.17) is 0 Å². The van der Waals surface area contributed by atoms with Crippen molar-refractivity contribution < 1.29 is 4.79 Å². The Hall–Kier alpha value is -2.74. The van der Waals surface area contributed by atoms with Crippen molar-refractivity contribution in [1.29, 1.82) is 0 Å². The first kappa shape index (κ1) is 17.7. The molecule has 0 atom stereocenters. The minimum atomic E-state index is -0.121. The Bertz CT molecular complexity index is 1020. The number of nitrogens with one attached hydrogen (secondary N) is 1. The van der Waals surface area contributed by atoms with E-state index in [1.54, 1.807) is 23.6 Å². The minimum absolute atomic E-state index is 0.00341. The van der Waals surface area contributed by atoms with Gasteiger partial charge in [-0.1, -0.05) is 17.4 Å². The Kier molecular flexibility index (Phi) is 4.89. The third-order valence-electron chi connectivity index (χ3n) is 4.69. The van der Waals surface area contributed by atoms with Crippen molar-refractivity contribution in [1.82, 2.24) is 20.1 Å². The molecular weight excluding hydrogens is 362 g/mol. The lowest BCUT2D eigenvalue weighted by atomic mass is 10.00. The van der Waals surface area contributed by atoms with Gasteiger partial charge in [-0.15, -0.1) is 0 Å². The zero-order valence-electron chi connectivity index (χ0n) is 15.1. The van der Waals surface area contributed by atoms with Crippen LogP contribution >= 0.6 is 11.3 Å². The van der Waals surface area contributed by atoms with Gasteiger partial charge in [0.2, 0.25) is 5.91 Å². The van der Waals surface area contributed by atoms with Crippen molar-refractivity contribution in [3.05, 3.63) is 52.4 Å². The first-order chi connectivity index (χ1) is 13.1. The van der Waals surface area contributed by atoms with Crippen LogP contribution < -0.4 is 15.8 Å². The van der Waals surface area contributed by atoms with E-state index in [0.717, 1.165) is 10.6 Å². The SMILES string of the molecule is Cc1ccc2nc(N3CC(C(=O)NCCCn4ncccc4=O)C3)sc2c1. The van der Waals surface area contributed by atoms with Gasteiger partial charge in [-0.25, -0.2) is 9.67 Å². The van der Waals surface area contributed by atoms with Crippen molar-refractivity contribution in [3.8, 4) is 0 Å². The molecule has 1 fully saturated rings. The van der Waals surface area contributed by atoms with Crippen LogP contribution in [0.5, 0.6) is 0 Å². The highest BCUT2D eigenvalue weighted by Gasteiger charge is 2.34. The summed E-state index contributed by atoms with van der Waals surface area (Å²) < 4.78 is 2.59. The highest BCUT2D eigenvalue weighted by atomic mass is 32.1. The smallest absolute Gasteiger partial charge is 0.266 e. The summed E-state index contributed by atoms with van der Waals surface area (Å²) >= 11 is 1.67. The Balaban J connectivity index is 1.23. The van der Waals surface area contributed by atoms with Crippen LogP contribution in [0.3, 0.4) is 0 Å². The van der Waals surface area contributed by atoms with Gasteiger partial charge in [-0.05, 0) is 37.1 Å². The summed E-state index contributed by atoms with van der Waals surface area (Å²) in [6.45, 7) is 4.52. The van der Waals surface area contributed by atoms with Gasteiger partial charge in [0.25, 0.3) is 5.56 Å². The molecule has 0 spiro atoms. The quantitative estimate of drug-likeness (QED) is 0.657. The Morgan fingerprint density at radius 3 is 3.00 bits per heavy atom. The van der Waals surface area contributed by atoms with Crippen LogP contribution in [0.4, 0.5) is 5.13 Å². The summed E-state index contributed by atoms with van der Waals surface area (Å²) in [5.41, 5.74) is 2.12. The molecule has 1 amide bonds. The molecule has 3 aromatic rings. The number of aromatic nitrogens is 3. The molecule has 4 rings (SSSR count). The molecule has 1 N–H and O–H groups in total. The summed E-state index contributed by atoms with van der Waals surface area (Å²) in [5, 5.41) is 7.94. The van der Waals surface area contributed by atoms with Crippen LogP contribution in [0.15, 0.2) is 41.3 Å². The predicted octanol–water partition coefficient (Wildman–Crippen LogP) is 1.80. The normalized spacial score (nSPS) is 14.3. The average Bonchev–Trinajstić information content (AvgIpc) is 3.01. The molecule has 140 valence electrons. The second kappa shape index (κ2) is 7.48. The molecule has 3 heterocycles.